The molecule has 4 atom stereocenters. The van der Waals surface area contributed by atoms with E-state index in [0.29, 0.717) is 36.6 Å². The highest BCUT2D eigenvalue weighted by molar-refractivity contribution is 6.34. The number of halogens is 1. The Balaban J connectivity index is 1.69. The summed E-state index contributed by atoms with van der Waals surface area (Å²) in [4.78, 5) is 14.3. The number of urea groups is 1. The number of aryl methyl sites for hydroxylation is 2. The van der Waals surface area contributed by atoms with E-state index in [1.54, 1.807) is 4.90 Å². The number of aliphatic hydroxyl groups is 2. The maximum Gasteiger partial charge on any atom is 0.321 e. The maximum atomic E-state index is 12.5. The summed E-state index contributed by atoms with van der Waals surface area (Å²) in [5, 5.41) is 23.0. The highest BCUT2D eigenvalue weighted by atomic mass is 35.5. The van der Waals surface area contributed by atoms with Gasteiger partial charge in [0.15, 0.2) is 0 Å². The number of hydrogen-bond donors (Lipinski definition) is 3. The van der Waals surface area contributed by atoms with Crippen LogP contribution in [0.5, 0.6) is 0 Å². The summed E-state index contributed by atoms with van der Waals surface area (Å²) in [6.45, 7) is 5.11. The Kier molecular flexibility index (Phi) is 4.54. The molecule has 126 valence electrons. The number of carbonyl (C=O) groups excluding carboxylic acids is 1. The molecule has 0 radical (unpaired) electrons. The first-order chi connectivity index (χ1) is 10.8. The molecule has 1 heterocycles. The van der Waals surface area contributed by atoms with Gasteiger partial charge < -0.3 is 20.4 Å². The fourth-order valence-electron chi connectivity index (χ4n) is 3.83. The zero-order valence-electron chi connectivity index (χ0n) is 13.4. The minimum Gasteiger partial charge on any atom is -0.390 e. The molecule has 23 heavy (non-hydrogen) atoms. The zero-order valence-corrected chi connectivity index (χ0v) is 14.2. The third-order valence-corrected chi connectivity index (χ3v) is 5.36. The minimum absolute atomic E-state index is 0.169. The smallest absolute Gasteiger partial charge is 0.321 e. The SMILES string of the molecule is Cc1cc(C)c(NC(=O)N2C[C@H]3C[C@H](O)[C@@H](O)C[C@H]3C2)c(Cl)c1. The highest BCUT2D eigenvalue weighted by Gasteiger charge is 2.42. The summed E-state index contributed by atoms with van der Waals surface area (Å²) in [5.74, 6) is 0.516. The molecule has 0 spiro atoms. The number of rotatable bonds is 1. The van der Waals surface area contributed by atoms with Gasteiger partial charge in [0.2, 0.25) is 0 Å². The molecule has 6 heteroatoms. The van der Waals surface area contributed by atoms with Crippen LogP contribution in [0.1, 0.15) is 24.0 Å². The Morgan fingerprint density at radius 1 is 1.17 bits per heavy atom. The van der Waals surface area contributed by atoms with E-state index in [2.05, 4.69) is 5.32 Å². The molecular formula is C17H23ClN2O3. The molecule has 1 aliphatic heterocycles. The summed E-state index contributed by atoms with van der Waals surface area (Å²) in [6, 6.07) is 3.65. The molecule has 1 saturated carbocycles. The van der Waals surface area contributed by atoms with Crippen LogP contribution in [0.2, 0.25) is 5.02 Å². The van der Waals surface area contributed by atoms with Crippen molar-refractivity contribution < 1.29 is 15.0 Å². The Hall–Kier alpha value is -1.30. The lowest BCUT2D eigenvalue weighted by Gasteiger charge is -2.31. The van der Waals surface area contributed by atoms with E-state index in [1.165, 1.54) is 0 Å². The van der Waals surface area contributed by atoms with E-state index in [9.17, 15) is 15.0 Å². The molecule has 2 aliphatic rings. The number of fused-ring (bicyclic) bond motifs is 1. The van der Waals surface area contributed by atoms with Gasteiger partial charge in [0, 0.05) is 13.1 Å². The first-order valence-electron chi connectivity index (χ1n) is 8.04. The summed E-state index contributed by atoms with van der Waals surface area (Å²) < 4.78 is 0. The van der Waals surface area contributed by atoms with Gasteiger partial charge in [-0.15, -0.1) is 0 Å². The Morgan fingerprint density at radius 2 is 1.74 bits per heavy atom. The number of likely N-dealkylation sites (tertiary alicyclic amines) is 1. The molecule has 3 N–H and O–H groups in total. The molecule has 3 rings (SSSR count). The van der Waals surface area contributed by atoms with Crippen molar-refractivity contribution >= 4 is 23.3 Å². The van der Waals surface area contributed by atoms with Crippen molar-refractivity contribution in [2.24, 2.45) is 11.8 Å². The number of aliphatic hydroxyl groups excluding tert-OH is 2. The zero-order chi connectivity index (χ0) is 16.7. The van der Waals surface area contributed by atoms with Crippen LogP contribution >= 0.6 is 11.6 Å². The first kappa shape index (κ1) is 16.6. The lowest BCUT2D eigenvalue weighted by Crippen LogP contribution is -2.38. The molecular weight excluding hydrogens is 316 g/mol. The van der Waals surface area contributed by atoms with Crippen molar-refractivity contribution in [1.29, 1.82) is 0 Å². The van der Waals surface area contributed by atoms with Crippen LogP contribution in [0.15, 0.2) is 12.1 Å². The van der Waals surface area contributed by atoms with Crippen LogP contribution in [0, 0.1) is 25.7 Å². The molecule has 0 unspecified atom stereocenters. The van der Waals surface area contributed by atoms with Gasteiger partial charge in [-0.25, -0.2) is 4.79 Å². The van der Waals surface area contributed by atoms with Gasteiger partial charge in [0.25, 0.3) is 0 Å². The van der Waals surface area contributed by atoms with Crippen molar-refractivity contribution in [2.75, 3.05) is 18.4 Å². The molecule has 2 fully saturated rings. The van der Waals surface area contributed by atoms with Gasteiger partial charge in [-0.05, 0) is 55.7 Å². The van der Waals surface area contributed by atoms with Crippen molar-refractivity contribution in [2.45, 2.75) is 38.9 Å². The number of amides is 2. The van der Waals surface area contributed by atoms with E-state index in [1.807, 2.05) is 26.0 Å². The van der Waals surface area contributed by atoms with Gasteiger partial charge in [0.05, 0.1) is 22.9 Å². The van der Waals surface area contributed by atoms with Crippen molar-refractivity contribution in [3.8, 4) is 0 Å². The second kappa shape index (κ2) is 6.30. The lowest BCUT2D eigenvalue weighted by molar-refractivity contribution is -0.0372. The van der Waals surface area contributed by atoms with Crippen molar-refractivity contribution in [1.82, 2.24) is 4.90 Å². The minimum atomic E-state index is -0.673. The van der Waals surface area contributed by atoms with Gasteiger partial charge in [-0.2, -0.15) is 0 Å². The Bertz CT molecular complexity index is 581. The topological polar surface area (TPSA) is 72.8 Å². The molecule has 1 aliphatic carbocycles. The number of nitrogens with one attached hydrogen (secondary N) is 1. The van der Waals surface area contributed by atoms with Crippen LogP contribution in [0.25, 0.3) is 0 Å². The molecule has 2 amide bonds. The lowest BCUT2D eigenvalue weighted by atomic mass is 9.79. The summed E-state index contributed by atoms with van der Waals surface area (Å²) in [7, 11) is 0. The van der Waals surface area contributed by atoms with E-state index >= 15 is 0 Å². The molecule has 1 saturated heterocycles. The maximum absolute atomic E-state index is 12.5. The third kappa shape index (κ3) is 3.32. The second-order valence-electron chi connectivity index (χ2n) is 6.90. The average molecular weight is 339 g/mol. The van der Waals surface area contributed by atoms with Crippen LogP contribution in [-0.2, 0) is 0 Å². The summed E-state index contributed by atoms with van der Waals surface area (Å²) >= 11 is 6.25. The average Bonchev–Trinajstić information content (AvgIpc) is 2.86. The number of benzene rings is 1. The quantitative estimate of drug-likeness (QED) is 0.736. The van der Waals surface area contributed by atoms with E-state index < -0.39 is 12.2 Å². The first-order valence-corrected chi connectivity index (χ1v) is 8.41. The predicted molar refractivity (Wildman–Crippen MR) is 89.7 cm³/mol. The van der Waals surface area contributed by atoms with Crippen LogP contribution in [-0.4, -0.2) is 46.4 Å². The number of hydrogen-bond acceptors (Lipinski definition) is 3. The van der Waals surface area contributed by atoms with Gasteiger partial charge in [-0.1, -0.05) is 17.7 Å². The van der Waals surface area contributed by atoms with Gasteiger partial charge in [-0.3, -0.25) is 0 Å². The number of anilines is 1. The normalized spacial score (nSPS) is 30.2. The molecule has 0 bridgehead atoms. The highest BCUT2D eigenvalue weighted by Crippen LogP contribution is 2.37. The standard InChI is InChI=1S/C17H23ClN2O3/c1-9-3-10(2)16(13(18)4-9)19-17(23)20-7-11-5-14(21)15(22)6-12(11)8-20/h3-4,11-12,14-15,21-22H,5-8H2,1-2H3,(H,19,23)/t11-,12+,14-,15-/m0/s1. The van der Waals surface area contributed by atoms with E-state index in [4.69, 9.17) is 11.6 Å². The summed E-state index contributed by atoms with van der Waals surface area (Å²) in [6.07, 6.45) is -0.235. The van der Waals surface area contributed by atoms with Gasteiger partial charge >= 0.3 is 6.03 Å². The van der Waals surface area contributed by atoms with Crippen molar-refractivity contribution in [3.63, 3.8) is 0 Å². The largest absolute Gasteiger partial charge is 0.390 e. The molecule has 1 aromatic carbocycles. The van der Waals surface area contributed by atoms with E-state index in [-0.39, 0.29) is 17.9 Å². The molecule has 5 nitrogen and oxygen atoms in total. The molecule has 1 aromatic rings. The van der Waals surface area contributed by atoms with Crippen LogP contribution in [0.4, 0.5) is 10.5 Å². The number of carbonyl (C=O) groups is 1. The third-order valence-electron chi connectivity index (χ3n) is 5.06. The van der Waals surface area contributed by atoms with Gasteiger partial charge in [0.1, 0.15) is 0 Å². The Labute approximate surface area is 141 Å². The number of nitrogens with zero attached hydrogens (tertiary/aromatic N) is 1. The van der Waals surface area contributed by atoms with Crippen molar-refractivity contribution in [3.05, 3.63) is 28.3 Å². The Morgan fingerprint density at radius 3 is 2.26 bits per heavy atom. The predicted octanol–water partition coefficient (Wildman–Crippen LogP) is 2.55. The van der Waals surface area contributed by atoms with Crippen LogP contribution in [0.3, 0.4) is 0 Å². The fourth-order valence-corrected chi connectivity index (χ4v) is 4.20. The van der Waals surface area contributed by atoms with Crippen LogP contribution < -0.4 is 5.32 Å². The summed E-state index contributed by atoms with van der Waals surface area (Å²) in [5.41, 5.74) is 2.64. The second-order valence-corrected chi connectivity index (χ2v) is 7.31. The fraction of sp³-hybridized carbons (Fsp3) is 0.588. The van der Waals surface area contributed by atoms with E-state index in [0.717, 1.165) is 11.1 Å². The monoisotopic (exact) mass is 338 g/mol. The molecule has 0 aromatic heterocycles.